The van der Waals surface area contributed by atoms with Gasteiger partial charge in [-0.25, -0.2) is 4.98 Å². The first-order valence-corrected chi connectivity index (χ1v) is 10.3. The summed E-state index contributed by atoms with van der Waals surface area (Å²) in [7, 11) is 0. The third kappa shape index (κ3) is 2.91. The minimum Gasteiger partial charge on any atom is -0.301 e. The lowest BCUT2D eigenvalue weighted by atomic mass is 9.49. The van der Waals surface area contributed by atoms with E-state index < -0.39 is 0 Å². The summed E-state index contributed by atoms with van der Waals surface area (Å²) in [5.41, 5.74) is 1.19. The highest BCUT2D eigenvalue weighted by atomic mass is 32.1. The Hall–Kier alpha value is -1.68. The van der Waals surface area contributed by atoms with Crippen molar-refractivity contribution >= 4 is 22.4 Å². The fourth-order valence-electron chi connectivity index (χ4n) is 5.86. The number of nitrogens with zero attached hydrogens (tertiary/aromatic N) is 1. The Morgan fingerprint density at radius 2 is 1.72 bits per heavy atom. The summed E-state index contributed by atoms with van der Waals surface area (Å²) in [6, 6.07) is 10.4. The molecule has 4 aliphatic carbocycles. The van der Waals surface area contributed by atoms with Crippen molar-refractivity contribution in [3.63, 3.8) is 0 Å². The molecule has 130 valence electrons. The molecule has 6 rings (SSSR count). The van der Waals surface area contributed by atoms with Gasteiger partial charge >= 0.3 is 0 Å². The number of aromatic nitrogens is 1. The minimum atomic E-state index is -0.0972. The molecule has 4 saturated carbocycles. The van der Waals surface area contributed by atoms with Crippen molar-refractivity contribution in [3.8, 4) is 0 Å². The van der Waals surface area contributed by atoms with E-state index in [1.165, 1.54) is 29.7 Å². The molecule has 0 radical (unpaired) electrons. The Labute approximate surface area is 152 Å². The topological polar surface area (TPSA) is 42.0 Å². The summed E-state index contributed by atoms with van der Waals surface area (Å²) in [4.78, 5) is 18.8. The van der Waals surface area contributed by atoms with Crippen LogP contribution in [0.1, 0.15) is 49.0 Å². The van der Waals surface area contributed by atoms with Crippen molar-refractivity contribution in [1.29, 1.82) is 0 Å². The van der Waals surface area contributed by atoms with E-state index in [4.69, 9.17) is 0 Å². The predicted molar refractivity (Wildman–Crippen MR) is 101 cm³/mol. The SMILES string of the molecule is O=C(Nc1ncc(Cc2ccccc2)s1)C12CC3CC(CC(C3)C1)C2. The van der Waals surface area contributed by atoms with Gasteiger partial charge in [0, 0.05) is 17.5 Å². The molecule has 1 heterocycles. The number of carbonyl (C=O) groups is 1. The molecule has 1 N–H and O–H groups in total. The quantitative estimate of drug-likeness (QED) is 0.851. The maximum atomic E-state index is 13.1. The molecule has 0 saturated heterocycles. The first-order valence-electron chi connectivity index (χ1n) is 9.49. The first-order chi connectivity index (χ1) is 12.2. The van der Waals surface area contributed by atoms with E-state index >= 15 is 0 Å². The molecule has 25 heavy (non-hydrogen) atoms. The lowest BCUT2D eigenvalue weighted by Crippen LogP contribution is -2.51. The third-order valence-electron chi connectivity index (χ3n) is 6.52. The summed E-state index contributed by atoms with van der Waals surface area (Å²) >= 11 is 1.62. The summed E-state index contributed by atoms with van der Waals surface area (Å²) < 4.78 is 0. The van der Waals surface area contributed by atoms with Crippen molar-refractivity contribution in [2.45, 2.75) is 44.9 Å². The number of carbonyl (C=O) groups excluding carboxylic acids is 1. The number of amides is 1. The zero-order chi connectivity index (χ0) is 16.9. The van der Waals surface area contributed by atoms with Gasteiger partial charge in [0.2, 0.25) is 5.91 Å². The van der Waals surface area contributed by atoms with Crippen LogP contribution in [0, 0.1) is 23.2 Å². The van der Waals surface area contributed by atoms with Crippen LogP contribution < -0.4 is 5.32 Å². The highest BCUT2D eigenvalue weighted by molar-refractivity contribution is 7.15. The third-order valence-corrected chi connectivity index (χ3v) is 7.43. The molecule has 1 aromatic carbocycles. The molecule has 2 aromatic rings. The average Bonchev–Trinajstić information content (AvgIpc) is 3.01. The molecule has 4 heteroatoms. The molecule has 0 atom stereocenters. The van der Waals surface area contributed by atoms with Crippen LogP contribution in [0.3, 0.4) is 0 Å². The van der Waals surface area contributed by atoms with Crippen LogP contribution in [0.15, 0.2) is 36.5 Å². The van der Waals surface area contributed by atoms with E-state index in [2.05, 4.69) is 34.6 Å². The highest BCUT2D eigenvalue weighted by Crippen LogP contribution is 2.60. The van der Waals surface area contributed by atoms with Crippen LogP contribution in [-0.2, 0) is 11.2 Å². The monoisotopic (exact) mass is 352 g/mol. The molecular weight excluding hydrogens is 328 g/mol. The molecule has 0 spiro atoms. The second kappa shape index (κ2) is 5.94. The normalized spacial score (nSPS) is 32.7. The van der Waals surface area contributed by atoms with Gasteiger partial charge in [0.05, 0.1) is 5.41 Å². The van der Waals surface area contributed by atoms with E-state index in [1.54, 1.807) is 11.3 Å². The second-order valence-corrected chi connectivity index (χ2v) is 9.56. The van der Waals surface area contributed by atoms with Crippen molar-refractivity contribution in [1.82, 2.24) is 4.98 Å². The van der Waals surface area contributed by atoms with Gasteiger partial charge < -0.3 is 5.32 Å². The number of nitrogens with one attached hydrogen (secondary N) is 1. The number of hydrogen-bond acceptors (Lipinski definition) is 3. The van der Waals surface area contributed by atoms with Crippen molar-refractivity contribution in [2.75, 3.05) is 5.32 Å². The first kappa shape index (κ1) is 15.6. The van der Waals surface area contributed by atoms with Crippen molar-refractivity contribution in [2.24, 2.45) is 23.2 Å². The molecule has 3 nitrogen and oxygen atoms in total. The Bertz CT molecular complexity index is 747. The Kier molecular flexibility index (Phi) is 3.70. The predicted octanol–water partition coefficient (Wildman–Crippen LogP) is 4.89. The highest BCUT2D eigenvalue weighted by Gasteiger charge is 2.54. The van der Waals surface area contributed by atoms with Gasteiger partial charge in [0.15, 0.2) is 5.13 Å². The molecule has 4 fully saturated rings. The Morgan fingerprint density at radius 3 is 2.36 bits per heavy atom. The van der Waals surface area contributed by atoms with E-state index in [0.29, 0.717) is 0 Å². The number of thiazole rings is 1. The largest absolute Gasteiger partial charge is 0.301 e. The standard InChI is InChI=1S/C21H24N2OS/c24-19(21-10-15-6-16(11-21)8-17(7-15)12-21)23-20-22-13-18(25-20)9-14-4-2-1-3-5-14/h1-5,13,15-17H,6-12H2,(H,22,23,24). The summed E-state index contributed by atoms with van der Waals surface area (Å²) in [6.07, 6.45) is 10.2. The van der Waals surface area contributed by atoms with Crippen LogP contribution in [0.25, 0.3) is 0 Å². The van der Waals surface area contributed by atoms with Crippen LogP contribution >= 0.6 is 11.3 Å². The van der Waals surface area contributed by atoms with Gasteiger partial charge in [0.25, 0.3) is 0 Å². The Morgan fingerprint density at radius 1 is 1.08 bits per heavy atom. The minimum absolute atomic E-state index is 0.0972. The maximum Gasteiger partial charge on any atom is 0.232 e. The van der Waals surface area contributed by atoms with E-state index in [-0.39, 0.29) is 11.3 Å². The maximum absolute atomic E-state index is 13.1. The lowest BCUT2D eigenvalue weighted by molar-refractivity contribution is -0.140. The van der Waals surface area contributed by atoms with Crippen molar-refractivity contribution in [3.05, 3.63) is 47.0 Å². The summed E-state index contributed by atoms with van der Waals surface area (Å²) in [5, 5.41) is 3.94. The molecule has 0 aliphatic heterocycles. The van der Waals surface area contributed by atoms with Crippen molar-refractivity contribution < 1.29 is 4.79 Å². The fourth-order valence-corrected chi connectivity index (χ4v) is 6.70. The average molecular weight is 353 g/mol. The van der Waals surface area contributed by atoms with Gasteiger partial charge in [-0.3, -0.25) is 4.79 Å². The summed E-state index contributed by atoms with van der Waals surface area (Å²) in [6.45, 7) is 0. The second-order valence-electron chi connectivity index (χ2n) is 8.45. The van der Waals surface area contributed by atoms with Gasteiger partial charge in [-0.1, -0.05) is 30.3 Å². The zero-order valence-electron chi connectivity index (χ0n) is 14.4. The molecule has 1 aromatic heterocycles. The number of hydrogen-bond donors (Lipinski definition) is 1. The molecule has 1 amide bonds. The smallest absolute Gasteiger partial charge is 0.232 e. The number of anilines is 1. The van der Waals surface area contributed by atoms with E-state index in [0.717, 1.165) is 48.6 Å². The van der Waals surface area contributed by atoms with Crippen LogP contribution in [0.4, 0.5) is 5.13 Å². The molecule has 0 unspecified atom stereocenters. The molecule has 4 aliphatic rings. The fraction of sp³-hybridized carbons (Fsp3) is 0.524. The van der Waals surface area contributed by atoms with Crippen LogP contribution in [0.5, 0.6) is 0 Å². The Balaban J connectivity index is 1.29. The molecule has 4 bridgehead atoms. The summed E-state index contributed by atoms with van der Waals surface area (Å²) in [5.74, 6) is 2.62. The number of benzene rings is 1. The van der Waals surface area contributed by atoms with E-state index in [9.17, 15) is 4.79 Å². The van der Waals surface area contributed by atoms with Crippen LogP contribution in [0.2, 0.25) is 0 Å². The molecular formula is C21H24N2OS. The van der Waals surface area contributed by atoms with E-state index in [1.807, 2.05) is 12.3 Å². The zero-order valence-corrected chi connectivity index (χ0v) is 15.2. The lowest BCUT2D eigenvalue weighted by Gasteiger charge is -2.55. The van der Waals surface area contributed by atoms with Gasteiger partial charge in [-0.2, -0.15) is 0 Å². The van der Waals surface area contributed by atoms with Gasteiger partial charge in [0.1, 0.15) is 0 Å². The van der Waals surface area contributed by atoms with Gasteiger partial charge in [-0.05, 0) is 61.8 Å². The van der Waals surface area contributed by atoms with Gasteiger partial charge in [-0.15, -0.1) is 11.3 Å². The van der Waals surface area contributed by atoms with Crippen LogP contribution in [-0.4, -0.2) is 10.9 Å². The number of rotatable bonds is 4.